The van der Waals surface area contributed by atoms with E-state index in [0.717, 1.165) is 34.7 Å². The van der Waals surface area contributed by atoms with Gasteiger partial charge in [0, 0.05) is 17.0 Å². The molecule has 0 saturated heterocycles. The van der Waals surface area contributed by atoms with Crippen LogP contribution in [0.3, 0.4) is 0 Å². The van der Waals surface area contributed by atoms with Crippen LogP contribution in [-0.2, 0) is 0 Å². The van der Waals surface area contributed by atoms with E-state index in [4.69, 9.17) is 4.74 Å². The average molecular weight is 364 g/mol. The monoisotopic (exact) mass is 364 g/mol. The van der Waals surface area contributed by atoms with Gasteiger partial charge in [0.05, 0.1) is 4.90 Å². The topological polar surface area (TPSA) is 9.23 Å². The first-order valence-corrected chi connectivity index (χ1v) is 8.11. The molecule has 0 amide bonds. The average Bonchev–Trinajstić information content (AvgIpc) is 2.57. The smallest absolute Gasteiger partial charge is 0.162 e. The van der Waals surface area contributed by atoms with Gasteiger partial charge in [-0.15, -0.1) is 0 Å². The summed E-state index contributed by atoms with van der Waals surface area (Å²) in [7, 11) is 0. The van der Waals surface area contributed by atoms with Crippen molar-refractivity contribution in [2.24, 2.45) is 0 Å². The van der Waals surface area contributed by atoms with E-state index in [0.29, 0.717) is 4.90 Å². The third kappa shape index (κ3) is 3.96. The van der Waals surface area contributed by atoms with E-state index in [1.165, 1.54) is 17.8 Å². The molecule has 3 aromatic rings. The Hall–Kier alpha value is -2.47. The molecule has 0 bridgehead atoms. The SMILES string of the molecule is Cc1ccccc1Sc1cc(F)c(F)cc1Oc1ccc(F)c(F)c1. The first-order valence-electron chi connectivity index (χ1n) is 7.29. The van der Waals surface area contributed by atoms with Crippen molar-refractivity contribution in [3.05, 3.63) is 83.4 Å². The molecule has 3 aromatic carbocycles. The maximum Gasteiger partial charge on any atom is 0.162 e. The minimum Gasteiger partial charge on any atom is -0.456 e. The number of hydrogen-bond acceptors (Lipinski definition) is 2. The molecule has 25 heavy (non-hydrogen) atoms. The lowest BCUT2D eigenvalue weighted by molar-refractivity contribution is 0.439. The van der Waals surface area contributed by atoms with Crippen LogP contribution in [0.2, 0.25) is 0 Å². The van der Waals surface area contributed by atoms with E-state index in [1.807, 2.05) is 31.2 Å². The van der Waals surface area contributed by atoms with Crippen molar-refractivity contribution in [3.63, 3.8) is 0 Å². The first-order chi connectivity index (χ1) is 11.9. The molecule has 0 aliphatic heterocycles. The number of aryl methyl sites for hydroxylation is 1. The van der Waals surface area contributed by atoms with Crippen LogP contribution < -0.4 is 4.74 Å². The molecule has 1 nitrogen and oxygen atoms in total. The van der Waals surface area contributed by atoms with Gasteiger partial charge in [-0.3, -0.25) is 0 Å². The Morgan fingerprint density at radius 2 is 1.40 bits per heavy atom. The summed E-state index contributed by atoms with van der Waals surface area (Å²) in [5.74, 6) is -4.23. The highest BCUT2D eigenvalue weighted by molar-refractivity contribution is 7.99. The molecule has 0 unspecified atom stereocenters. The van der Waals surface area contributed by atoms with Crippen LogP contribution in [0.15, 0.2) is 64.4 Å². The molecule has 0 fully saturated rings. The largest absolute Gasteiger partial charge is 0.456 e. The van der Waals surface area contributed by atoms with Crippen LogP contribution in [0.5, 0.6) is 11.5 Å². The molecule has 0 aliphatic rings. The van der Waals surface area contributed by atoms with Crippen molar-refractivity contribution < 1.29 is 22.3 Å². The quantitative estimate of drug-likeness (QED) is 0.489. The fourth-order valence-electron chi connectivity index (χ4n) is 2.13. The number of benzene rings is 3. The second kappa shape index (κ2) is 7.19. The van der Waals surface area contributed by atoms with Crippen molar-refractivity contribution >= 4 is 11.8 Å². The van der Waals surface area contributed by atoms with Crippen LogP contribution in [0.25, 0.3) is 0 Å². The van der Waals surface area contributed by atoms with E-state index >= 15 is 0 Å². The van der Waals surface area contributed by atoms with Gasteiger partial charge in [0.15, 0.2) is 23.3 Å². The lowest BCUT2D eigenvalue weighted by Crippen LogP contribution is -1.94. The molecule has 128 valence electrons. The van der Waals surface area contributed by atoms with Crippen molar-refractivity contribution in [1.82, 2.24) is 0 Å². The zero-order valence-electron chi connectivity index (χ0n) is 13.0. The van der Waals surface area contributed by atoms with Gasteiger partial charge in [0.1, 0.15) is 11.5 Å². The van der Waals surface area contributed by atoms with Gasteiger partial charge in [-0.2, -0.15) is 0 Å². The number of hydrogen-bond donors (Lipinski definition) is 0. The molecule has 0 spiro atoms. The predicted octanol–water partition coefficient (Wildman–Crippen LogP) is 6.49. The minimum absolute atomic E-state index is 0.0122. The van der Waals surface area contributed by atoms with E-state index in [-0.39, 0.29) is 11.5 Å². The summed E-state index contributed by atoms with van der Waals surface area (Å²) < 4.78 is 59.1. The summed E-state index contributed by atoms with van der Waals surface area (Å²) in [6, 6.07) is 12.3. The van der Waals surface area contributed by atoms with E-state index < -0.39 is 23.3 Å². The highest BCUT2D eigenvalue weighted by Crippen LogP contribution is 2.39. The van der Waals surface area contributed by atoms with Crippen LogP contribution in [0.4, 0.5) is 17.6 Å². The van der Waals surface area contributed by atoms with Gasteiger partial charge in [-0.25, -0.2) is 17.6 Å². The zero-order valence-corrected chi connectivity index (χ0v) is 13.8. The predicted molar refractivity (Wildman–Crippen MR) is 88.1 cm³/mol. The summed E-state index contributed by atoms with van der Waals surface area (Å²) in [6.07, 6.45) is 0. The fraction of sp³-hybridized carbons (Fsp3) is 0.0526. The summed E-state index contributed by atoms with van der Waals surface area (Å²) in [5.41, 5.74) is 0.955. The molecule has 0 radical (unpaired) electrons. The molecule has 0 aliphatic carbocycles. The molecule has 0 atom stereocenters. The first kappa shape index (κ1) is 17.4. The molecule has 6 heteroatoms. The maximum atomic E-state index is 13.7. The molecule has 0 N–H and O–H groups in total. The van der Waals surface area contributed by atoms with E-state index in [9.17, 15) is 17.6 Å². The van der Waals surface area contributed by atoms with Crippen molar-refractivity contribution in [1.29, 1.82) is 0 Å². The van der Waals surface area contributed by atoms with Crippen molar-refractivity contribution in [2.45, 2.75) is 16.7 Å². The van der Waals surface area contributed by atoms with E-state index in [2.05, 4.69) is 0 Å². The van der Waals surface area contributed by atoms with Crippen LogP contribution in [0, 0.1) is 30.2 Å². The highest BCUT2D eigenvalue weighted by atomic mass is 32.2. The molecule has 0 heterocycles. The Morgan fingerprint density at radius 1 is 0.720 bits per heavy atom. The Morgan fingerprint density at radius 3 is 2.12 bits per heavy atom. The Kier molecular flexibility index (Phi) is 4.99. The van der Waals surface area contributed by atoms with Gasteiger partial charge < -0.3 is 4.74 Å². The Balaban J connectivity index is 1.98. The summed E-state index contributed by atoms with van der Waals surface area (Å²) in [4.78, 5) is 1.15. The molecule has 0 saturated carbocycles. The van der Waals surface area contributed by atoms with Gasteiger partial charge >= 0.3 is 0 Å². The number of ether oxygens (including phenoxy) is 1. The molecule has 3 rings (SSSR count). The number of halogens is 4. The zero-order chi connectivity index (χ0) is 18.0. The molecular weight excluding hydrogens is 352 g/mol. The molecule has 0 aromatic heterocycles. The van der Waals surface area contributed by atoms with Crippen LogP contribution in [-0.4, -0.2) is 0 Å². The van der Waals surface area contributed by atoms with E-state index in [1.54, 1.807) is 0 Å². The maximum absolute atomic E-state index is 13.7. The summed E-state index contributed by atoms with van der Waals surface area (Å²) in [6.45, 7) is 1.89. The van der Waals surface area contributed by atoms with Crippen LogP contribution >= 0.6 is 11.8 Å². The van der Waals surface area contributed by atoms with Crippen molar-refractivity contribution in [3.8, 4) is 11.5 Å². The number of rotatable bonds is 4. The van der Waals surface area contributed by atoms with Gasteiger partial charge in [0.2, 0.25) is 0 Å². The van der Waals surface area contributed by atoms with Crippen molar-refractivity contribution in [2.75, 3.05) is 0 Å². The van der Waals surface area contributed by atoms with Gasteiger partial charge in [-0.1, -0.05) is 30.0 Å². The van der Waals surface area contributed by atoms with Gasteiger partial charge in [0.25, 0.3) is 0 Å². The normalized spacial score (nSPS) is 10.8. The molecular formula is C19H12F4OS. The van der Waals surface area contributed by atoms with Crippen LogP contribution in [0.1, 0.15) is 5.56 Å². The summed E-state index contributed by atoms with van der Waals surface area (Å²) in [5, 5.41) is 0. The second-order valence-corrected chi connectivity index (χ2v) is 6.34. The Bertz CT molecular complexity index is 927. The second-order valence-electron chi connectivity index (χ2n) is 5.26. The standard InChI is InChI=1S/C19H12F4OS/c1-11-4-2-3-5-18(11)25-19-10-16(23)15(22)9-17(19)24-12-6-7-13(20)14(21)8-12/h2-10H,1H3. The lowest BCUT2D eigenvalue weighted by Gasteiger charge is -2.13. The Labute approximate surface area is 146 Å². The lowest BCUT2D eigenvalue weighted by atomic mass is 10.2. The van der Waals surface area contributed by atoms with Gasteiger partial charge in [-0.05, 0) is 36.8 Å². The fourth-order valence-corrected chi connectivity index (χ4v) is 3.10. The third-order valence-corrected chi connectivity index (χ3v) is 4.64. The highest BCUT2D eigenvalue weighted by Gasteiger charge is 2.15. The summed E-state index contributed by atoms with van der Waals surface area (Å²) >= 11 is 1.19. The minimum atomic E-state index is -1.09. The third-order valence-electron chi connectivity index (χ3n) is 3.42.